The minimum atomic E-state index is -1.06. The summed E-state index contributed by atoms with van der Waals surface area (Å²) in [5.41, 5.74) is -0.526. The maximum Gasteiger partial charge on any atom is 0.356 e. The van der Waals surface area contributed by atoms with E-state index >= 15 is 0 Å². The number of carboxylic acids is 1. The number of hydrogen-bond acceptors (Lipinski definition) is 3. The quantitative estimate of drug-likeness (QED) is 0.708. The standard InChI is InChI=1S/C8H12N2O3/c1-8(2,4-11)10-3-6(7(12)13)9-5-10/h3,5,11H,4H2,1-2H3,(H,12,13). The van der Waals surface area contributed by atoms with Gasteiger partial charge in [-0.1, -0.05) is 0 Å². The number of carboxylic acid groups (broad SMARTS) is 1. The average Bonchev–Trinajstić information content (AvgIpc) is 2.52. The summed E-state index contributed by atoms with van der Waals surface area (Å²) in [6.07, 6.45) is 2.80. The Morgan fingerprint density at radius 1 is 1.69 bits per heavy atom. The van der Waals surface area contributed by atoms with E-state index in [1.54, 1.807) is 18.4 Å². The van der Waals surface area contributed by atoms with Crippen LogP contribution in [0.1, 0.15) is 24.3 Å². The van der Waals surface area contributed by atoms with Crippen molar-refractivity contribution < 1.29 is 15.0 Å². The largest absolute Gasteiger partial charge is 0.476 e. The second-order valence-corrected chi connectivity index (χ2v) is 3.44. The predicted octanol–water partition coefficient (Wildman–Crippen LogP) is 0.309. The molecule has 0 bridgehead atoms. The number of nitrogens with zero attached hydrogens (tertiary/aromatic N) is 2. The Kier molecular flexibility index (Phi) is 2.38. The summed E-state index contributed by atoms with van der Waals surface area (Å²) < 4.78 is 1.58. The number of aliphatic hydroxyl groups excluding tert-OH is 1. The SMILES string of the molecule is CC(C)(CO)n1cnc(C(=O)O)c1. The van der Waals surface area contributed by atoms with Crippen LogP contribution >= 0.6 is 0 Å². The van der Waals surface area contributed by atoms with E-state index in [2.05, 4.69) is 4.98 Å². The van der Waals surface area contributed by atoms with Gasteiger partial charge >= 0.3 is 5.97 Å². The van der Waals surface area contributed by atoms with E-state index in [1.165, 1.54) is 12.5 Å². The van der Waals surface area contributed by atoms with E-state index in [-0.39, 0.29) is 12.3 Å². The van der Waals surface area contributed by atoms with Crippen molar-refractivity contribution in [1.29, 1.82) is 0 Å². The molecule has 0 fully saturated rings. The van der Waals surface area contributed by atoms with Gasteiger partial charge in [0.25, 0.3) is 0 Å². The van der Waals surface area contributed by atoms with Gasteiger partial charge in [-0.3, -0.25) is 0 Å². The van der Waals surface area contributed by atoms with Crippen molar-refractivity contribution in [1.82, 2.24) is 9.55 Å². The Balaban J connectivity index is 2.98. The van der Waals surface area contributed by atoms with Gasteiger partial charge in [-0.25, -0.2) is 9.78 Å². The Bertz CT molecular complexity index is 317. The van der Waals surface area contributed by atoms with Crippen LogP contribution in [0.4, 0.5) is 0 Å². The summed E-state index contributed by atoms with van der Waals surface area (Å²) in [4.78, 5) is 14.2. The van der Waals surface area contributed by atoms with Gasteiger partial charge in [0.2, 0.25) is 0 Å². The minimum Gasteiger partial charge on any atom is -0.476 e. The van der Waals surface area contributed by atoms with Crippen LogP contribution in [0, 0.1) is 0 Å². The molecule has 1 aromatic heterocycles. The highest BCUT2D eigenvalue weighted by Crippen LogP contribution is 2.14. The second-order valence-electron chi connectivity index (χ2n) is 3.44. The van der Waals surface area contributed by atoms with Gasteiger partial charge < -0.3 is 14.8 Å². The van der Waals surface area contributed by atoms with E-state index < -0.39 is 11.5 Å². The molecule has 0 aliphatic carbocycles. The fraction of sp³-hybridized carbons (Fsp3) is 0.500. The molecule has 0 amide bonds. The fourth-order valence-electron chi connectivity index (χ4n) is 0.846. The highest BCUT2D eigenvalue weighted by Gasteiger charge is 2.20. The first-order valence-electron chi connectivity index (χ1n) is 3.86. The molecule has 2 N–H and O–H groups in total. The van der Waals surface area contributed by atoms with Gasteiger partial charge in [0, 0.05) is 6.20 Å². The smallest absolute Gasteiger partial charge is 0.356 e. The van der Waals surface area contributed by atoms with Gasteiger partial charge in [0.1, 0.15) is 0 Å². The van der Waals surface area contributed by atoms with Crippen LogP contribution < -0.4 is 0 Å². The molecule has 0 unspecified atom stereocenters. The van der Waals surface area contributed by atoms with Crippen LogP contribution in [0.15, 0.2) is 12.5 Å². The monoisotopic (exact) mass is 184 g/mol. The molecular weight excluding hydrogens is 172 g/mol. The molecule has 0 atom stereocenters. The molecule has 72 valence electrons. The average molecular weight is 184 g/mol. The van der Waals surface area contributed by atoms with Crippen molar-refractivity contribution in [3.63, 3.8) is 0 Å². The second kappa shape index (κ2) is 3.18. The van der Waals surface area contributed by atoms with Gasteiger partial charge in [-0.05, 0) is 13.8 Å². The molecule has 5 nitrogen and oxygen atoms in total. The van der Waals surface area contributed by atoms with Crippen LogP contribution in [0.3, 0.4) is 0 Å². The summed E-state index contributed by atoms with van der Waals surface area (Å²) >= 11 is 0. The number of imidazole rings is 1. The molecule has 0 saturated carbocycles. The fourth-order valence-corrected chi connectivity index (χ4v) is 0.846. The minimum absolute atomic E-state index is 0.0125. The number of aliphatic hydroxyl groups is 1. The first-order chi connectivity index (χ1) is 5.97. The first-order valence-corrected chi connectivity index (χ1v) is 3.86. The molecule has 0 aliphatic rings. The Hall–Kier alpha value is -1.36. The molecule has 13 heavy (non-hydrogen) atoms. The third-order valence-corrected chi connectivity index (χ3v) is 1.89. The predicted molar refractivity (Wildman–Crippen MR) is 45.6 cm³/mol. The molecule has 0 aliphatic heterocycles. The van der Waals surface area contributed by atoms with Crippen LogP contribution in [-0.4, -0.2) is 32.3 Å². The number of rotatable bonds is 3. The van der Waals surface area contributed by atoms with Crippen LogP contribution in [0.2, 0.25) is 0 Å². The molecule has 0 aromatic carbocycles. The summed E-state index contributed by atoms with van der Waals surface area (Å²) in [6, 6.07) is 0. The molecule has 1 rings (SSSR count). The summed E-state index contributed by atoms with van der Waals surface area (Å²) in [5.74, 6) is -1.06. The molecule has 5 heteroatoms. The molecule has 0 saturated heterocycles. The Labute approximate surface area is 75.6 Å². The van der Waals surface area contributed by atoms with E-state index in [9.17, 15) is 4.79 Å². The zero-order valence-electron chi connectivity index (χ0n) is 7.56. The van der Waals surface area contributed by atoms with Crippen molar-refractivity contribution in [3.8, 4) is 0 Å². The van der Waals surface area contributed by atoms with E-state index in [1.807, 2.05) is 0 Å². The lowest BCUT2D eigenvalue weighted by Gasteiger charge is -2.23. The van der Waals surface area contributed by atoms with E-state index in [4.69, 9.17) is 10.2 Å². The lowest BCUT2D eigenvalue weighted by atomic mass is 10.1. The van der Waals surface area contributed by atoms with Gasteiger partial charge in [-0.15, -0.1) is 0 Å². The van der Waals surface area contributed by atoms with Crippen molar-refractivity contribution in [2.24, 2.45) is 0 Å². The summed E-state index contributed by atoms with van der Waals surface area (Å²) in [5, 5.41) is 17.6. The third-order valence-electron chi connectivity index (χ3n) is 1.89. The normalized spacial score (nSPS) is 11.6. The van der Waals surface area contributed by atoms with Crippen molar-refractivity contribution in [2.75, 3.05) is 6.61 Å². The van der Waals surface area contributed by atoms with Gasteiger partial charge in [0.15, 0.2) is 5.69 Å². The number of aromatic carboxylic acids is 1. The van der Waals surface area contributed by atoms with Crippen molar-refractivity contribution in [3.05, 3.63) is 18.2 Å². The molecule has 1 aromatic rings. The van der Waals surface area contributed by atoms with Crippen LogP contribution in [0.5, 0.6) is 0 Å². The summed E-state index contributed by atoms with van der Waals surface area (Å²) in [7, 11) is 0. The molecule has 1 heterocycles. The topological polar surface area (TPSA) is 75.3 Å². The molecule has 0 radical (unpaired) electrons. The van der Waals surface area contributed by atoms with Crippen molar-refractivity contribution in [2.45, 2.75) is 19.4 Å². The maximum absolute atomic E-state index is 10.5. The van der Waals surface area contributed by atoms with Crippen LogP contribution in [-0.2, 0) is 5.54 Å². The number of aromatic nitrogens is 2. The maximum atomic E-state index is 10.5. The van der Waals surface area contributed by atoms with Gasteiger partial charge in [-0.2, -0.15) is 0 Å². The Morgan fingerprint density at radius 2 is 2.31 bits per heavy atom. The molecular formula is C8H12N2O3. The lowest BCUT2D eigenvalue weighted by molar-refractivity contribution is 0.0690. The molecule has 0 spiro atoms. The van der Waals surface area contributed by atoms with Crippen molar-refractivity contribution >= 4 is 5.97 Å². The first kappa shape index (κ1) is 9.73. The Morgan fingerprint density at radius 3 is 2.69 bits per heavy atom. The number of carbonyl (C=O) groups is 1. The number of hydrogen-bond donors (Lipinski definition) is 2. The third kappa shape index (κ3) is 1.86. The zero-order valence-corrected chi connectivity index (χ0v) is 7.56. The van der Waals surface area contributed by atoms with E-state index in [0.29, 0.717) is 0 Å². The highest BCUT2D eigenvalue weighted by atomic mass is 16.4. The lowest BCUT2D eigenvalue weighted by Crippen LogP contribution is -2.29. The van der Waals surface area contributed by atoms with E-state index in [0.717, 1.165) is 0 Å². The highest BCUT2D eigenvalue weighted by molar-refractivity contribution is 5.84. The van der Waals surface area contributed by atoms with Crippen LogP contribution in [0.25, 0.3) is 0 Å². The zero-order chi connectivity index (χ0) is 10.1. The summed E-state index contributed by atoms with van der Waals surface area (Å²) in [6.45, 7) is 3.52. The van der Waals surface area contributed by atoms with Gasteiger partial charge in [0.05, 0.1) is 18.5 Å².